The van der Waals surface area contributed by atoms with Gasteiger partial charge in [-0.3, -0.25) is 4.79 Å². The van der Waals surface area contributed by atoms with E-state index >= 15 is 0 Å². The number of carbonyl (C=O) groups excluding carboxylic acids is 1. The standard InChI is InChI=1S/C19H32O7S4.C7H6O4.C6H14O2S2.CH4.BH/c20-16-2-1-15(17(21)18(16)22)19(29-13-9-25-5-3-23-7-11-27)30-14-10-26-6-4-24-8-12-28;8-3-4-1-2-5(9)7(11)6(4)10;9-5-3-7-1-2-8-4-6-10;;/h1-2,19-22,27-28H,3-14H2;1-3,9-11H;9-10H,1-6H2;1H4;1H/i;;;;1T. The Kier molecular flexibility index (Phi) is 39.8. The summed E-state index contributed by atoms with van der Waals surface area (Å²) in [6.45, 7) is 7.10. The summed E-state index contributed by atoms with van der Waals surface area (Å²) in [5.74, 6) is 1.43. The van der Waals surface area contributed by atoms with E-state index in [1.807, 2.05) is 0 Å². The quantitative estimate of drug-likeness (QED) is 0.0149. The van der Waals surface area contributed by atoms with Crippen molar-refractivity contribution in [3.05, 3.63) is 35.4 Å². The molecule has 0 fully saturated rings. The number of ether oxygens (including phenoxy) is 6. The van der Waals surface area contributed by atoms with E-state index in [0.29, 0.717) is 114 Å². The van der Waals surface area contributed by atoms with Crippen LogP contribution in [0.5, 0.6) is 34.5 Å². The number of benzene rings is 2. The van der Waals surface area contributed by atoms with E-state index in [9.17, 15) is 20.1 Å². The van der Waals surface area contributed by atoms with Crippen molar-refractivity contribution < 1.29 is 63.9 Å². The van der Waals surface area contributed by atoms with Crippen LogP contribution in [0, 0.1) is 0 Å². The molecule has 0 atom stereocenters. The lowest BCUT2D eigenvalue weighted by molar-refractivity contribution is 0.0605. The van der Waals surface area contributed by atoms with Crippen molar-refractivity contribution in [3.63, 3.8) is 0 Å². The fourth-order valence-corrected chi connectivity index (χ4v) is 6.41. The molecule has 0 saturated heterocycles. The minimum absolute atomic E-state index is 0. The number of aldehydes is 1. The van der Waals surface area contributed by atoms with Gasteiger partial charge in [0.1, 0.15) is 0 Å². The van der Waals surface area contributed by atoms with Crippen molar-refractivity contribution >= 4 is 88.7 Å². The van der Waals surface area contributed by atoms with Gasteiger partial charge < -0.3 is 59.1 Å². The SMILES string of the molecule is C.O=Cc1ccc(O)c(O)c1O.Oc1ccc(C(SCCOCCOCCS)SCCOCCOCCS)c(O)c1O.SCCOCCOCCS.[3H][B]. The van der Waals surface area contributed by atoms with Gasteiger partial charge in [0.05, 0.1) is 89.4 Å². The van der Waals surface area contributed by atoms with E-state index in [1.165, 1.54) is 12.1 Å². The maximum Gasteiger partial charge on any atom is 0.201 e. The molecule has 20 heteroatoms. The van der Waals surface area contributed by atoms with Crippen LogP contribution >= 0.6 is 74.0 Å². The molecule has 306 valence electrons. The zero-order chi connectivity index (χ0) is 40.1. The van der Waals surface area contributed by atoms with Crippen LogP contribution in [0.15, 0.2) is 24.3 Å². The van der Waals surface area contributed by atoms with Crippen LogP contribution in [0.4, 0.5) is 0 Å². The second-order valence-corrected chi connectivity index (χ2v) is 14.0. The zero-order valence-electron chi connectivity index (χ0n) is 29.9. The molecule has 2 aromatic carbocycles. The summed E-state index contributed by atoms with van der Waals surface area (Å²) in [6, 6.07) is 5.33. The molecule has 0 saturated carbocycles. The fraction of sp³-hybridized carbons (Fsp3) is 0.606. The maximum atomic E-state index is 10.3. The molecular weight excluding hydrogens is 808 g/mol. The van der Waals surface area contributed by atoms with Crippen LogP contribution in [-0.4, -0.2) is 160 Å². The Labute approximate surface area is 347 Å². The molecule has 6 N–H and O–H groups in total. The monoisotopic (exact) mass is 866 g/mol. The molecule has 0 heterocycles. The first kappa shape index (κ1) is 53.9. The third kappa shape index (κ3) is 28.0. The number of hydrogen-bond acceptors (Lipinski definition) is 19. The van der Waals surface area contributed by atoms with E-state index in [4.69, 9.17) is 45.1 Å². The minimum Gasteiger partial charge on any atom is -0.504 e. The number of rotatable bonds is 27. The first-order chi connectivity index (χ1) is 25.7. The molecule has 53 heavy (non-hydrogen) atoms. The van der Waals surface area contributed by atoms with Gasteiger partial charge in [-0.1, -0.05) is 7.43 Å². The lowest BCUT2D eigenvalue weighted by Gasteiger charge is -2.19. The van der Waals surface area contributed by atoms with Crippen molar-refractivity contribution in [2.24, 2.45) is 0 Å². The average molecular weight is 867 g/mol. The van der Waals surface area contributed by atoms with Crippen LogP contribution in [-0.2, 0) is 28.4 Å². The molecule has 0 aromatic heterocycles. The first-order valence-corrected chi connectivity index (χ1v) is 20.4. The van der Waals surface area contributed by atoms with E-state index in [-0.39, 0.29) is 29.1 Å². The summed E-state index contributed by atoms with van der Waals surface area (Å²) in [7, 11) is 3.75. The van der Waals surface area contributed by atoms with Gasteiger partial charge in [-0.2, -0.15) is 50.5 Å². The Balaban J connectivity index is -0.000000882. The molecule has 0 spiro atoms. The highest BCUT2D eigenvalue weighted by Crippen LogP contribution is 2.48. The summed E-state index contributed by atoms with van der Waals surface area (Å²) < 4.78 is 37.0. The van der Waals surface area contributed by atoms with Crippen LogP contribution in [0.1, 0.15) is 27.9 Å². The number of hydrogen-bond donors (Lipinski definition) is 10. The van der Waals surface area contributed by atoms with Gasteiger partial charge >= 0.3 is 0 Å². The maximum absolute atomic E-state index is 10.3. The van der Waals surface area contributed by atoms with Gasteiger partial charge in [0.15, 0.2) is 29.3 Å². The Bertz CT molecular complexity index is 1140. The second kappa shape index (κ2) is 39.1. The Morgan fingerprint density at radius 2 is 0.887 bits per heavy atom. The molecule has 0 bridgehead atoms. The summed E-state index contributed by atoms with van der Waals surface area (Å²) in [4.78, 5) is 10.1. The van der Waals surface area contributed by atoms with Crippen molar-refractivity contribution in [1.82, 2.24) is 0 Å². The Hall–Kier alpha value is -1.17. The average Bonchev–Trinajstić information content (AvgIpc) is 3.17. The van der Waals surface area contributed by atoms with E-state index in [2.05, 4.69) is 58.9 Å². The molecule has 0 aliphatic heterocycles. The number of aromatic hydroxyl groups is 6. The minimum atomic E-state index is -0.672. The normalized spacial score (nSPS) is 10.5. The van der Waals surface area contributed by atoms with Gasteiger partial charge in [-0.15, -0.1) is 23.5 Å². The molecule has 2 rings (SSSR count). The summed E-state index contributed by atoms with van der Waals surface area (Å²) in [6.07, 6.45) is 0.383. The number of phenolic OH excluding ortho intramolecular Hbond substituents is 6. The van der Waals surface area contributed by atoms with Gasteiger partial charge in [0.2, 0.25) is 11.5 Å². The fourth-order valence-electron chi connectivity index (χ4n) is 3.33. The van der Waals surface area contributed by atoms with Crippen molar-refractivity contribution in [1.29, 1.82) is 1.34 Å². The molecule has 2 radical (unpaired) electrons. The third-order valence-electron chi connectivity index (χ3n) is 5.76. The number of carbonyl (C=O) groups is 1. The van der Waals surface area contributed by atoms with Gasteiger partial charge in [0.25, 0.3) is 0 Å². The molecule has 13 nitrogen and oxygen atoms in total. The van der Waals surface area contributed by atoms with Crippen LogP contribution in [0.3, 0.4) is 0 Å². The van der Waals surface area contributed by atoms with Gasteiger partial charge in [-0.05, 0) is 25.6 Å². The second-order valence-electron chi connectivity index (χ2n) is 9.50. The zero-order valence-corrected chi connectivity index (χ0v) is 34.1. The number of thiol groups is 4. The van der Waals surface area contributed by atoms with Crippen LogP contribution < -0.4 is 0 Å². The first-order valence-electron chi connectivity index (χ1n) is 16.3. The highest BCUT2D eigenvalue weighted by molar-refractivity contribution is 8.16. The van der Waals surface area contributed by atoms with Crippen LogP contribution in [0.2, 0.25) is 0 Å². The lowest BCUT2D eigenvalue weighted by atomic mass is 10.2. The van der Waals surface area contributed by atoms with Crippen molar-refractivity contribution in [3.8, 4) is 34.5 Å². The number of thioether (sulfide) groups is 2. The lowest BCUT2D eigenvalue weighted by Crippen LogP contribution is -2.09. The number of phenols is 6. The van der Waals surface area contributed by atoms with Crippen molar-refractivity contribution in [2.45, 2.75) is 12.0 Å². The smallest absolute Gasteiger partial charge is 0.201 e. The Morgan fingerprint density at radius 1 is 0.547 bits per heavy atom. The predicted octanol–water partition coefficient (Wildman–Crippen LogP) is 4.68. The summed E-state index contributed by atoms with van der Waals surface area (Å²) in [5.41, 5.74) is 0.495. The molecule has 2 aromatic rings. The largest absolute Gasteiger partial charge is 0.504 e. The summed E-state index contributed by atoms with van der Waals surface area (Å²) in [5, 5.41) is 56.3. The van der Waals surface area contributed by atoms with Crippen LogP contribution in [0.25, 0.3) is 0 Å². The highest BCUT2D eigenvalue weighted by atomic mass is 32.2. The van der Waals surface area contributed by atoms with E-state index in [0.717, 1.165) is 17.6 Å². The predicted molar refractivity (Wildman–Crippen MR) is 230 cm³/mol. The molecular formula is C33H57BO13S6. The molecule has 0 amide bonds. The molecule has 0 aliphatic carbocycles. The van der Waals surface area contributed by atoms with Crippen molar-refractivity contribution in [2.75, 3.05) is 114 Å². The molecule has 0 unspecified atom stereocenters. The van der Waals surface area contributed by atoms with Gasteiger partial charge in [-0.25, -0.2) is 0 Å². The highest BCUT2D eigenvalue weighted by Gasteiger charge is 2.20. The molecule has 0 aliphatic rings. The van der Waals surface area contributed by atoms with E-state index in [1.54, 1.807) is 29.6 Å². The van der Waals surface area contributed by atoms with Gasteiger partial charge in [0, 0.05) is 48.5 Å². The van der Waals surface area contributed by atoms with E-state index < -0.39 is 23.0 Å². The summed E-state index contributed by atoms with van der Waals surface area (Å²) >= 11 is 19.3. The topological polar surface area (TPSA) is 194 Å². The third-order valence-corrected chi connectivity index (χ3v) is 9.22. The Morgan fingerprint density at radius 3 is 1.25 bits per heavy atom.